The molecule has 0 aromatic carbocycles. The molecule has 0 bridgehead atoms. The zero-order valence-corrected chi connectivity index (χ0v) is 13.0. The lowest BCUT2D eigenvalue weighted by Crippen LogP contribution is -2.38. The summed E-state index contributed by atoms with van der Waals surface area (Å²) in [5, 5.41) is 2.93. The molecule has 2 fully saturated rings. The summed E-state index contributed by atoms with van der Waals surface area (Å²) in [6, 6.07) is 0. The van der Waals surface area contributed by atoms with Gasteiger partial charge in [-0.2, -0.15) is 13.2 Å². The van der Waals surface area contributed by atoms with Crippen LogP contribution in [0.4, 0.5) is 13.2 Å². The van der Waals surface area contributed by atoms with Gasteiger partial charge >= 0.3 is 6.18 Å². The highest BCUT2D eigenvalue weighted by Crippen LogP contribution is 2.39. The fraction of sp³-hybridized carbons (Fsp3) is 0.929. The van der Waals surface area contributed by atoms with Crippen molar-refractivity contribution in [3.63, 3.8) is 0 Å². The zero-order chi connectivity index (χ0) is 14.8. The van der Waals surface area contributed by atoms with Gasteiger partial charge in [0.2, 0.25) is 5.91 Å². The molecular formula is C14H21BrF3NO. The number of halogens is 4. The van der Waals surface area contributed by atoms with Crippen molar-refractivity contribution in [3.05, 3.63) is 0 Å². The second-order valence-electron chi connectivity index (χ2n) is 6.04. The highest BCUT2D eigenvalue weighted by atomic mass is 79.9. The number of hydrogen-bond donors (Lipinski definition) is 1. The van der Waals surface area contributed by atoms with E-state index in [-0.39, 0.29) is 24.7 Å². The van der Waals surface area contributed by atoms with Crippen molar-refractivity contribution in [3.8, 4) is 0 Å². The van der Waals surface area contributed by atoms with E-state index in [0.717, 1.165) is 12.8 Å². The largest absolute Gasteiger partial charge is 0.391 e. The first-order chi connectivity index (χ1) is 9.38. The monoisotopic (exact) mass is 355 g/mol. The highest BCUT2D eigenvalue weighted by Gasteiger charge is 2.42. The van der Waals surface area contributed by atoms with Crippen LogP contribution in [-0.2, 0) is 4.79 Å². The third-order valence-corrected chi connectivity index (χ3v) is 5.87. The number of amides is 1. The van der Waals surface area contributed by atoms with Crippen LogP contribution in [0.15, 0.2) is 0 Å². The molecule has 116 valence electrons. The minimum absolute atomic E-state index is 0.0581. The average molecular weight is 356 g/mol. The van der Waals surface area contributed by atoms with E-state index in [2.05, 4.69) is 21.2 Å². The Morgan fingerprint density at radius 1 is 1.10 bits per heavy atom. The summed E-state index contributed by atoms with van der Waals surface area (Å²) in [4.78, 5) is 12.5. The van der Waals surface area contributed by atoms with Crippen molar-refractivity contribution >= 4 is 21.8 Å². The molecule has 0 saturated heterocycles. The van der Waals surface area contributed by atoms with Crippen LogP contribution in [0.1, 0.15) is 44.9 Å². The maximum absolute atomic E-state index is 12.6. The maximum Gasteiger partial charge on any atom is 0.391 e. The first-order valence-corrected chi connectivity index (χ1v) is 8.28. The summed E-state index contributed by atoms with van der Waals surface area (Å²) in [5.41, 5.74) is 0. The van der Waals surface area contributed by atoms with Crippen molar-refractivity contribution in [2.75, 3.05) is 6.54 Å². The second kappa shape index (κ2) is 6.67. The van der Waals surface area contributed by atoms with Gasteiger partial charge in [-0.1, -0.05) is 22.4 Å². The number of carbonyl (C=O) groups excluding carboxylic acids is 1. The summed E-state index contributed by atoms with van der Waals surface area (Å²) >= 11 is 3.60. The summed E-state index contributed by atoms with van der Waals surface area (Å²) in [5.74, 6) is -1.04. The van der Waals surface area contributed by atoms with Crippen molar-refractivity contribution in [1.82, 2.24) is 5.32 Å². The van der Waals surface area contributed by atoms with Gasteiger partial charge in [-0.25, -0.2) is 0 Å². The minimum atomic E-state index is -4.10. The maximum atomic E-state index is 12.6. The summed E-state index contributed by atoms with van der Waals surface area (Å²) in [6.45, 7) is 0.647. The normalized spacial score (nSPS) is 35.0. The first kappa shape index (κ1) is 16.1. The summed E-state index contributed by atoms with van der Waals surface area (Å²) in [6.07, 6.45) is 0.213. The minimum Gasteiger partial charge on any atom is -0.356 e. The van der Waals surface area contributed by atoms with Gasteiger partial charge < -0.3 is 5.32 Å². The molecule has 0 radical (unpaired) electrons. The van der Waals surface area contributed by atoms with Gasteiger partial charge in [0, 0.05) is 17.3 Å². The molecule has 0 spiro atoms. The van der Waals surface area contributed by atoms with Gasteiger partial charge in [0.05, 0.1) is 5.92 Å². The van der Waals surface area contributed by atoms with Gasteiger partial charge in [0.25, 0.3) is 0 Å². The average Bonchev–Trinajstić information content (AvgIpc) is 2.81. The molecule has 2 unspecified atom stereocenters. The summed E-state index contributed by atoms with van der Waals surface area (Å²) < 4.78 is 37.7. The molecule has 6 heteroatoms. The molecule has 2 atom stereocenters. The predicted molar refractivity (Wildman–Crippen MR) is 74.6 cm³/mol. The van der Waals surface area contributed by atoms with Crippen LogP contribution < -0.4 is 5.32 Å². The molecule has 0 aliphatic heterocycles. The van der Waals surface area contributed by atoms with E-state index in [1.54, 1.807) is 0 Å². The predicted octanol–water partition coefficient (Wildman–Crippen LogP) is 4.03. The highest BCUT2D eigenvalue weighted by molar-refractivity contribution is 9.09. The van der Waals surface area contributed by atoms with Crippen molar-refractivity contribution < 1.29 is 18.0 Å². The van der Waals surface area contributed by atoms with E-state index in [1.807, 2.05) is 0 Å². The van der Waals surface area contributed by atoms with E-state index in [1.165, 1.54) is 6.42 Å². The van der Waals surface area contributed by atoms with Crippen LogP contribution in [0.2, 0.25) is 0 Å². The lowest BCUT2D eigenvalue weighted by Gasteiger charge is -2.29. The Morgan fingerprint density at radius 3 is 2.25 bits per heavy atom. The van der Waals surface area contributed by atoms with Crippen LogP contribution in [0.25, 0.3) is 0 Å². The number of hydrogen-bond acceptors (Lipinski definition) is 1. The van der Waals surface area contributed by atoms with Gasteiger partial charge in [-0.05, 0) is 44.4 Å². The Morgan fingerprint density at radius 2 is 1.75 bits per heavy atom. The summed E-state index contributed by atoms with van der Waals surface area (Å²) in [7, 11) is 0. The molecule has 2 aliphatic carbocycles. The van der Waals surface area contributed by atoms with Gasteiger partial charge in [-0.3, -0.25) is 4.79 Å². The zero-order valence-electron chi connectivity index (χ0n) is 11.4. The molecule has 2 rings (SSSR count). The topological polar surface area (TPSA) is 29.1 Å². The number of carbonyl (C=O) groups is 1. The van der Waals surface area contributed by atoms with Crippen molar-refractivity contribution in [1.29, 1.82) is 0 Å². The molecule has 1 N–H and O–H groups in total. The molecular weight excluding hydrogens is 335 g/mol. The molecule has 2 aliphatic rings. The third-order valence-electron chi connectivity index (χ3n) is 4.67. The molecule has 20 heavy (non-hydrogen) atoms. The van der Waals surface area contributed by atoms with Gasteiger partial charge in [0.1, 0.15) is 0 Å². The molecule has 2 saturated carbocycles. The second-order valence-corrected chi connectivity index (χ2v) is 7.22. The first-order valence-electron chi connectivity index (χ1n) is 7.36. The standard InChI is InChI=1S/C14H21BrF3NO/c15-12-3-1-2-10(12)8-19-13(20)9-4-6-11(7-5-9)14(16,17)18/h9-12H,1-8H2,(H,19,20). The fourth-order valence-electron chi connectivity index (χ4n) is 3.28. The van der Waals surface area contributed by atoms with Crippen LogP contribution >= 0.6 is 15.9 Å². The fourth-order valence-corrected chi connectivity index (χ4v) is 4.06. The SMILES string of the molecule is O=C(NCC1CCCC1Br)C1CCC(C(F)(F)F)CC1. The lowest BCUT2D eigenvalue weighted by molar-refractivity contribution is -0.184. The molecule has 0 aromatic heterocycles. The van der Waals surface area contributed by atoms with Gasteiger partial charge in [-0.15, -0.1) is 0 Å². The van der Waals surface area contributed by atoms with Gasteiger partial charge in [0.15, 0.2) is 0 Å². The molecule has 2 nitrogen and oxygen atoms in total. The molecule has 1 amide bonds. The van der Waals surface area contributed by atoms with E-state index in [4.69, 9.17) is 0 Å². The van der Waals surface area contributed by atoms with Crippen LogP contribution in [0.5, 0.6) is 0 Å². The molecule has 0 heterocycles. The Bertz CT molecular complexity index is 340. The van der Waals surface area contributed by atoms with Crippen molar-refractivity contribution in [2.24, 2.45) is 17.8 Å². The Labute approximate surface area is 126 Å². The van der Waals surface area contributed by atoms with E-state index < -0.39 is 12.1 Å². The van der Waals surface area contributed by atoms with E-state index >= 15 is 0 Å². The van der Waals surface area contributed by atoms with Crippen molar-refractivity contribution in [2.45, 2.75) is 55.9 Å². The van der Waals surface area contributed by atoms with Crippen LogP contribution in [0, 0.1) is 17.8 Å². The van der Waals surface area contributed by atoms with Crippen LogP contribution in [0.3, 0.4) is 0 Å². The smallest absolute Gasteiger partial charge is 0.356 e. The van der Waals surface area contributed by atoms with E-state index in [9.17, 15) is 18.0 Å². The Hall–Kier alpha value is -0.260. The quantitative estimate of drug-likeness (QED) is 0.760. The number of rotatable bonds is 3. The van der Waals surface area contributed by atoms with Crippen LogP contribution in [-0.4, -0.2) is 23.5 Å². The number of nitrogens with one attached hydrogen (secondary N) is 1. The Balaban J connectivity index is 1.72. The lowest BCUT2D eigenvalue weighted by atomic mass is 9.81. The third kappa shape index (κ3) is 4.12. The number of alkyl halides is 4. The Kier molecular flexibility index (Phi) is 5.37. The van der Waals surface area contributed by atoms with E-state index in [0.29, 0.717) is 30.1 Å². The molecule has 0 aromatic rings.